The molecule has 0 aliphatic heterocycles. The van der Waals surface area contributed by atoms with Gasteiger partial charge in [-0.2, -0.15) is 5.10 Å². The third-order valence-corrected chi connectivity index (χ3v) is 2.58. The molecule has 0 unspecified atom stereocenters. The molecule has 0 bridgehead atoms. The van der Waals surface area contributed by atoms with Crippen LogP contribution < -0.4 is 15.9 Å². The van der Waals surface area contributed by atoms with Crippen LogP contribution in [0.3, 0.4) is 0 Å². The zero-order chi connectivity index (χ0) is 15.8. The monoisotopic (exact) mass is 298 g/mol. The molecule has 2 amide bonds. The number of hydrazone groups is 1. The molecular formula is C15H14N4O3. The van der Waals surface area contributed by atoms with Crippen molar-refractivity contribution in [3.8, 4) is 5.75 Å². The molecular weight excluding hydrogens is 284 g/mol. The molecule has 0 spiro atoms. The molecule has 0 saturated heterocycles. The Labute approximate surface area is 126 Å². The van der Waals surface area contributed by atoms with Gasteiger partial charge in [0.2, 0.25) is 0 Å². The third kappa shape index (κ3) is 4.71. The van der Waals surface area contributed by atoms with Gasteiger partial charge in [0.05, 0.1) is 6.21 Å². The first-order chi connectivity index (χ1) is 10.6. The normalized spacial score (nSPS) is 10.4. The second-order valence-corrected chi connectivity index (χ2v) is 4.26. The van der Waals surface area contributed by atoms with E-state index in [1.54, 1.807) is 36.4 Å². The Morgan fingerprint density at radius 2 is 1.86 bits per heavy atom. The standard InChI is InChI=1S/C15H14N4O3/c16-14(20)10-22-13-3-1-11(2-4-13)9-18-19-15(21)12-5-7-17-8-6-12/h1-9H,10H2,(H2,16,20)(H,19,21). The summed E-state index contributed by atoms with van der Waals surface area (Å²) < 4.78 is 5.13. The maximum absolute atomic E-state index is 11.7. The molecule has 2 rings (SSSR count). The highest BCUT2D eigenvalue weighted by molar-refractivity contribution is 5.94. The molecule has 2 aromatic rings. The van der Waals surface area contributed by atoms with Gasteiger partial charge < -0.3 is 10.5 Å². The highest BCUT2D eigenvalue weighted by Gasteiger charge is 2.02. The zero-order valence-corrected chi connectivity index (χ0v) is 11.6. The van der Waals surface area contributed by atoms with E-state index in [1.807, 2.05) is 0 Å². The van der Waals surface area contributed by atoms with Gasteiger partial charge in [0.15, 0.2) is 6.61 Å². The number of carbonyl (C=O) groups excluding carboxylic acids is 2. The largest absolute Gasteiger partial charge is 0.484 e. The Bertz CT molecular complexity index is 669. The van der Waals surface area contributed by atoms with Crippen LogP contribution in [0.15, 0.2) is 53.9 Å². The molecule has 1 heterocycles. The lowest BCUT2D eigenvalue weighted by atomic mass is 10.2. The van der Waals surface area contributed by atoms with Gasteiger partial charge in [0.1, 0.15) is 5.75 Å². The van der Waals surface area contributed by atoms with Crippen molar-refractivity contribution >= 4 is 18.0 Å². The highest BCUT2D eigenvalue weighted by atomic mass is 16.5. The zero-order valence-electron chi connectivity index (χ0n) is 11.6. The van der Waals surface area contributed by atoms with Crippen LogP contribution in [0.5, 0.6) is 5.75 Å². The Kier molecular flexibility index (Phi) is 5.20. The number of aromatic nitrogens is 1. The molecule has 0 aliphatic carbocycles. The van der Waals surface area contributed by atoms with Gasteiger partial charge in [-0.05, 0) is 42.0 Å². The average Bonchev–Trinajstić information content (AvgIpc) is 2.55. The van der Waals surface area contributed by atoms with Gasteiger partial charge in [-0.15, -0.1) is 0 Å². The summed E-state index contributed by atoms with van der Waals surface area (Å²) in [7, 11) is 0. The first kappa shape index (κ1) is 15.2. The molecule has 7 nitrogen and oxygen atoms in total. The van der Waals surface area contributed by atoms with Crippen molar-refractivity contribution in [1.82, 2.24) is 10.4 Å². The lowest BCUT2D eigenvalue weighted by molar-refractivity contribution is -0.119. The molecule has 0 radical (unpaired) electrons. The number of ether oxygens (including phenoxy) is 1. The van der Waals surface area contributed by atoms with Crippen molar-refractivity contribution in [2.24, 2.45) is 10.8 Å². The molecule has 1 aromatic heterocycles. The molecule has 7 heteroatoms. The Hall–Kier alpha value is -3.22. The Morgan fingerprint density at radius 1 is 1.18 bits per heavy atom. The van der Waals surface area contributed by atoms with Gasteiger partial charge in [-0.3, -0.25) is 14.6 Å². The van der Waals surface area contributed by atoms with Gasteiger partial charge >= 0.3 is 0 Å². The first-order valence-electron chi connectivity index (χ1n) is 6.40. The SMILES string of the molecule is NC(=O)COc1ccc(C=NNC(=O)c2ccncc2)cc1. The lowest BCUT2D eigenvalue weighted by Gasteiger charge is -2.03. The van der Waals surface area contributed by atoms with Crippen LogP contribution in [-0.2, 0) is 4.79 Å². The third-order valence-electron chi connectivity index (χ3n) is 2.58. The van der Waals surface area contributed by atoms with Crippen LogP contribution in [0.1, 0.15) is 15.9 Å². The fourth-order valence-corrected chi connectivity index (χ4v) is 1.54. The van der Waals surface area contributed by atoms with E-state index >= 15 is 0 Å². The number of nitrogens with one attached hydrogen (secondary N) is 1. The fraction of sp³-hybridized carbons (Fsp3) is 0.0667. The van der Waals surface area contributed by atoms with Crippen molar-refractivity contribution in [3.63, 3.8) is 0 Å². The smallest absolute Gasteiger partial charge is 0.271 e. The Morgan fingerprint density at radius 3 is 2.50 bits per heavy atom. The highest BCUT2D eigenvalue weighted by Crippen LogP contribution is 2.10. The molecule has 1 aromatic carbocycles. The number of hydrogen-bond acceptors (Lipinski definition) is 5. The second-order valence-electron chi connectivity index (χ2n) is 4.26. The van der Waals surface area contributed by atoms with Crippen molar-refractivity contribution in [3.05, 3.63) is 59.9 Å². The molecule has 0 aliphatic rings. The summed E-state index contributed by atoms with van der Waals surface area (Å²) in [5, 5.41) is 3.86. The van der Waals surface area contributed by atoms with Crippen LogP contribution >= 0.6 is 0 Å². The van der Waals surface area contributed by atoms with E-state index in [4.69, 9.17) is 10.5 Å². The van der Waals surface area contributed by atoms with Crippen molar-refractivity contribution in [2.75, 3.05) is 6.61 Å². The maximum Gasteiger partial charge on any atom is 0.271 e. The number of benzene rings is 1. The fourth-order valence-electron chi connectivity index (χ4n) is 1.54. The van der Waals surface area contributed by atoms with E-state index in [-0.39, 0.29) is 12.5 Å². The van der Waals surface area contributed by atoms with Crippen LogP contribution in [0.4, 0.5) is 0 Å². The summed E-state index contributed by atoms with van der Waals surface area (Å²) in [6.45, 7) is -0.171. The summed E-state index contributed by atoms with van der Waals surface area (Å²) in [5.41, 5.74) is 8.64. The number of hydrogen-bond donors (Lipinski definition) is 2. The topological polar surface area (TPSA) is 107 Å². The average molecular weight is 298 g/mol. The number of rotatable bonds is 6. The maximum atomic E-state index is 11.7. The lowest BCUT2D eigenvalue weighted by Crippen LogP contribution is -2.20. The minimum atomic E-state index is -0.538. The molecule has 112 valence electrons. The number of pyridine rings is 1. The Balaban J connectivity index is 1.88. The van der Waals surface area contributed by atoms with E-state index < -0.39 is 5.91 Å². The quantitative estimate of drug-likeness (QED) is 0.605. The number of amides is 2. The van der Waals surface area contributed by atoms with Gasteiger partial charge in [0, 0.05) is 18.0 Å². The van der Waals surface area contributed by atoms with Crippen LogP contribution in [0.2, 0.25) is 0 Å². The van der Waals surface area contributed by atoms with Gasteiger partial charge in [-0.1, -0.05) is 0 Å². The molecule has 0 fully saturated rings. The summed E-state index contributed by atoms with van der Waals surface area (Å²) >= 11 is 0. The van der Waals surface area contributed by atoms with E-state index in [0.717, 1.165) is 5.56 Å². The van der Waals surface area contributed by atoms with Crippen molar-refractivity contribution < 1.29 is 14.3 Å². The van der Waals surface area contributed by atoms with Crippen LogP contribution in [0.25, 0.3) is 0 Å². The molecule has 22 heavy (non-hydrogen) atoms. The van der Waals surface area contributed by atoms with E-state index in [0.29, 0.717) is 11.3 Å². The summed E-state index contributed by atoms with van der Waals surface area (Å²) in [6, 6.07) is 10.0. The van der Waals surface area contributed by atoms with E-state index in [2.05, 4.69) is 15.5 Å². The number of carbonyl (C=O) groups is 2. The number of nitrogens with two attached hydrogens (primary N) is 1. The molecule has 0 saturated carbocycles. The summed E-state index contributed by atoms with van der Waals surface area (Å²) in [4.78, 5) is 26.1. The van der Waals surface area contributed by atoms with E-state index in [9.17, 15) is 9.59 Å². The second kappa shape index (κ2) is 7.53. The molecule has 3 N–H and O–H groups in total. The van der Waals surface area contributed by atoms with Gasteiger partial charge in [-0.25, -0.2) is 5.43 Å². The van der Waals surface area contributed by atoms with Crippen LogP contribution in [0, 0.1) is 0 Å². The summed E-state index contributed by atoms with van der Waals surface area (Å²) in [5.74, 6) is -0.332. The number of nitrogens with zero attached hydrogens (tertiary/aromatic N) is 2. The van der Waals surface area contributed by atoms with Crippen molar-refractivity contribution in [1.29, 1.82) is 0 Å². The van der Waals surface area contributed by atoms with E-state index in [1.165, 1.54) is 18.6 Å². The predicted molar refractivity (Wildman–Crippen MR) is 80.4 cm³/mol. The molecule has 0 atom stereocenters. The predicted octanol–water partition coefficient (Wildman–Crippen LogP) is 0.710. The van der Waals surface area contributed by atoms with Crippen molar-refractivity contribution in [2.45, 2.75) is 0 Å². The number of primary amides is 1. The first-order valence-corrected chi connectivity index (χ1v) is 6.40. The van der Waals surface area contributed by atoms with Gasteiger partial charge in [0.25, 0.3) is 11.8 Å². The van der Waals surface area contributed by atoms with Crippen LogP contribution in [-0.4, -0.2) is 29.6 Å². The summed E-state index contributed by atoms with van der Waals surface area (Å²) in [6.07, 6.45) is 4.56. The minimum absolute atomic E-state index is 0.171. The minimum Gasteiger partial charge on any atom is -0.484 e.